The Morgan fingerprint density at radius 1 is 1.10 bits per heavy atom. The second kappa shape index (κ2) is 11.5. The Bertz CT molecular complexity index is 827. The zero-order valence-electron chi connectivity index (χ0n) is 17.6. The van der Waals surface area contributed by atoms with Gasteiger partial charge in [0.15, 0.2) is 5.11 Å². The molecule has 1 aliphatic rings. The predicted octanol–water partition coefficient (Wildman–Crippen LogP) is 3.77. The summed E-state index contributed by atoms with van der Waals surface area (Å²) in [5, 5.41) is 13.2. The van der Waals surface area contributed by atoms with Crippen LogP contribution in [0, 0.1) is 11.3 Å². The number of nitrogens with one attached hydrogen (secondary N) is 1. The number of hydrogen-bond donors (Lipinski definition) is 1. The molecule has 0 spiro atoms. The number of benzene rings is 2. The highest BCUT2D eigenvalue weighted by molar-refractivity contribution is 7.80. The lowest BCUT2D eigenvalue weighted by molar-refractivity contribution is 0.183. The third-order valence-electron chi connectivity index (χ3n) is 5.37. The van der Waals surface area contributed by atoms with Gasteiger partial charge in [0, 0.05) is 39.1 Å². The van der Waals surface area contributed by atoms with Crippen LogP contribution in [0.15, 0.2) is 54.6 Å². The van der Waals surface area contributed by atoms with Crippen molar-refractivity contribution in [3.63, 3.8) is 0 Å². The molecule has 1 N–H and O–H groups in total. The number of ether oxygens (including phenoxy) is 1. The first kappa shape index (κ1) is 22.1. The molecule has 0 aliphatic carbocycles. The maximum absolute atomic E-state index is 8.78. The molecule has 6 heteroatoms. The van der Waals surface area contributed by atoms with Crippen molar-refractivity contribution in [1.29, 1.82) is 5.26 Å². The van der Waals surface area contributed by atoms with Crippen LogP contribution in [0.1, 0.15) is 30.5 Å². The van der Waals surface area contributed by atoms with Crippen molar-refractivity contribution in [2.45, 2.75) is 25.8 Å². The highest BCUT2D eigenvalue weighted by atomic mass is 32.1. The molecule has 1 saturated heterocycles. The summed E-state index contributed by atoms with van der Waals surface area (Å²) in [5.41, 5.74) is 2.46. The third-order valence-corrected chi connectivity index (χ3v) is 5.75. The Morgan fingerprint density at radius 2 is 1.80 bits per heavy atom. The van der Waals surface area contributed by atoms with Crippen LogP contribution < -0.4 is 10.1 Å². The van der Waals surface area contributed by atoms with E-state index < -0.39 is 0 Å². The smallest absolute Gasteiger partial charge is 0.169 e. The molecule has 2 aromatic carbocycles. The molecular formula is C24H30N4OS. The van der Waals surface area contributed by atoms with E-state index in [9.17, 15) is 0 Å². The Balaban J connectivity index is 1.63. The van der Waals surface area contributed by atoms with Crippen molar-refractivity contribution in [2.24, 2.45) is 0 Å². The van der Waals surface area contributed by atoms with Crippen LogP contribution in [0.2, 0.25) is 0 Å². The van der Waals surface area contributed by atoms with Crippen LogP contribution in [0.4, 0.5) is 0 Å². The lowest BCUT2D eigenvalue weighted by Gasteiger charge is -2.37. The van der Waals surface area contributed by atoms with Crippen molar-refractivity contribution >= 4 is 17.3 Å². The van der Waals surface area contributed by atoms with Crippen molar-refractivity contribution in [3.8, 4) is 11.8 Å². The van der Waals surface area contributed by atoms with E-state index in [1.165, 1.54) is 11.1 Å². The van der Waals surface area contributed by atoms with E-state index in [4.69, 9.17) is 22.2 Å². The summed E-state index contributed by atoms with van der Waals surface area (Å²) in [6, 6.07) is 21.1. The van der Waals surface area contributed by atoms with Crippen molar-refractivity contribution in [3.05, 3.63) is 65.7 Å². The van der Waals surface area contributed by atoms with Crippen LogP contribution in [0.3, 0.4) is 0 Å². The quantitative estimate of drug-likeness (QED) is 0.654. The average molecular weight is 423 g/mol. The van der Waals surface area contributed by atoms with Gasteiger partial charge in [0.2, 0.25) is 0 Å². The average Bonchev–Trinajstić information content (AvgIpc) is 2.79. The molecule has 1 fully saturated rings. The van der Waals surface area contributed by atoms with Crippen LogP contribution in [0.5, 0.6) is 5.75 Å². The number of hydrogen-bond acceptors (Lipinski definition) is 4. The van der Waals surface area contributed by atoms with E-state index in [1.54, 1.807) is 0 Å². The van der Waals surface area contributed by atoms with Crippen LogP contribution in [-0.4, -0.2) is 54.2 Å². The molecule has 158 valence electrons. The van der Waals surface area contributed by atoms with E-state index >= 15 is 0 Å². The van der Waals surface area contributed by atoms with Crippen LogP contribution in [-0.2, 0) is 6.42 Å². The molecule has 2 aromatic rings. The normalized spacial score (nSPS) is 15.3. The summed E-state index contributed by atoms with van der Waals surface area (Å²) in [7, 11) is 0. The van der Waals surface area contributed by atoms with Gasteiger partial charge in [0.05, 0.1) is 18.7 Å². The highest BCUT2D eigenvalue weighted by Gasteiger charge is 2.21. The van der Waals surface area contributed by atoms with Gasteiger partial charge in [-0.15, -0.1) is 0 Å². The Morgan fingerprint density at radius 3 is 2.43 bits per heavy atom. The summed E-state index contributed by atoms with van der Waals surface area (Å²) in [6.07, 6.45) is 1.43. The molecule has 0 amide bonds. The van der Waals surface area contributed by atoms with Gasteiger partial charge in [-0.1, -0.05) is 42.5 Å². The number of piperazine rings is 1. The summed E-state index contributed by atoms with van der Waals surface area (Å²) in [6.45, 7) is 7.18. The third kappa shape index (κ3) is 6.45. The number of nitrogens with zero attached hydrogens (tertiary/aromatic N) is 3. The van der Waals surface area contributed by atoms with Gasteiger partial charge >= 0.3 is 0 Å². The standard InChI is InChI=1S/C24H30N4OS/c1-2-29-22-11-9-20(10-12-22)19-23(21-7-4-3-5-8-21)26-24(30)28-17-15-27(16-18-28)14-6-13-25/h3-5,7-12,23H,2,6,14-19H2,1H3,(H,26,30). The van der Waals surface area contributed by atoms with Gasteiger partial charge < -0.3 is 15.0 Å². The highest BCUT2D eigenvalue weighted by Crippen LogP contribution is 2.21. The molecule has 1 unspecified atom stereocenters. The summed E-state index contributed by atoms with van der Waals surface area (Å²) in [4.78, 5) is 4.57. The van der Waals surface area contributed by atoms with E-state index in [0.717, 1.165) is 50.0 Å². The minimum atomic E-state index is 0.105. The molecule has 30 heavy (non-hydrogen) atoms. The maximum atomic E-state index is 8.78. The van der Waals surface area contributed by atoms with Gasteiger partial charge in [-0.3, -0.25) is 4.90 Å². The molecule has 1 aliphatic heterocycles. The molecule has 0 radical (unpaired) electrons. The maximum Gasteiger partial charge on any atom is 0.169 e. The first-order valence-corrected chi connectivity index (χ1v) is 11.0. The van der Waals surface area contributed by atoms with Gasteiger partial charge in [-0.2, -0.15) is 5.26 Å². The zero-order valence-corrected chi connectivity index (χ0v) is 18.4. The molecule has 1 atom stereocenters. The van der Waals surface area contributed by atoms with Gasteiger partial charge in [-0.25, -0.2) is 0 Å². The van der Waals surface area contributed by atoms with Gasteiger partial charge in [-0.05, 0) is 48.8 Å². The van der Waals surface area contributed by atoms with Gasteiger partial charge in [0.1, 0.15) is 5.75 Å². The predicted molar refractivity (Wildman–Crippen MR) is 124 cm³/mol. The Hall–Kier alpha value is -2.62. The second-order valence-corrected chi connectivity index (χ2v) is 7.82. The summed E-state index contributed by atoms with van der Waals surface area (Å²) in [5.74, 6) is 0.898. The molecule has 5 nitrogen and oxygen atoms in total. The first-order valence-electron chi connectivity index (χ1n) is 10.6. The van der Waals surface area contributed by atoms with Gasteiger partial charge in [0.25, 0.3) is 0 Å². The summed E-state index contributed by atoms with van der Waals surface area (Å²) < 4.78 is 5.56. The summed E-state index contributed by atoms with van der Waals surface area (Å²) >= 11 is 5.77. The molecular weight excluding hydrogens is 392 g/mol. The minimum Gasteiger partial charge on any atom is -0.494 e. The van der Waals surface area contributed by atoms with E-state index in [1.807, 2.05) is 25.1 Å². The second-order valence-electron chi connectivity index (χ2n) is 7.43. The van der Waals surface area contributed by atoms with E-state index in [-0.39, 0.29) is 6.04 Å². The first-order chi connectivity index (χ1) is 14.7. The molecule has 1 heterocycles. The largest absolute Gasteiger partial charge is 0.494 e. The molecule has 0 bridgehead atoms. The lowest BCUT2D eigenvalue weighted by Crippen LogP contribution is -2.52. The molecule has 0 aromatic heterocycles. The lowest BCUT2D eigenvalue weighted by atomic mass is 9.99. The fourth-order valence-electron chi connectivity index (χ4n) is 3.68. The van der Waals surface area contributed by atoms with Crippen molar-refractivity contribution in [2.75, 3.05) is 39.3 Å². The van der Waals surface area contributed by atoms with Crippen LogP contribution >= 0.6 is 12.2 Å². The minimum absolute atomic E-state index is 0.105. The van der Waals surface area contributed by atoms with Crippen molar-refractivity contribution in [1.82, 2.24) is 15.1 Å². The Labute approximate surface area is 185 Å². The molecule has 0 saturated carbocycles. The number of nitriles is 1. The zero-order chi connectivity index (χ0) is 21.2. The number of thiocarbonyl (C=S) groups is 1. The Kier molecular flexibility index (Phi) is 8.49. The van der Waals surface area contributed by atoms with Crippen molar-refractivity contribution < 1.29 is 4.74 Å². The molecule has 3 rings (SSSR count). The van der Waals surface area contributed by atoms with E-state index in [0.29, 0.717) is 13.0 Å². The topological polar surface area (TPSA) is 51.5 Å². The fourth-order valence-corrected chi connectivity index (χ4v) is 4.01. The van der Waals surface area contributed by atoms with E-state index in [2.05, 4.69) is 57.6 Å². The van der Waals surface area contributed by atoms with Crippen LogP contribution in [0.25, 0.3) is 0 Å². The SMILES string of the molecule is CCOc1ccc(CC(NC(=S)N2CCN(CCC#N)CC2)c2ccccc2)cc1. The fraction of sp³-hybridized carbons (Fsp3) is 0.417. The number of rotatable bonds is 8. The monoisotopic (exact) mass is 422 g/mol.